The van der Waals surface area contributed by atoms with Crippen LogP contribution >= 0.6 is 0 Å². The monoisotopic (exact) mass is 333 g/mol. The third kappa shape index (κ3) is 2.86. The van der Waals surface area contributed by atoms with Crippen molar-refractivity contribution in [2.24, 2.45) is 11.8 Å². The molecule has 132 valence electrons. The highest BCUT2D eigenvalue weighted by Crippen LogP contribution is 2.44. The number of aryl methyl sites for hydroxylation is 1. The lowest BCUT2D eigenvalue weighted by atomic mass is 9.66. The maximum absolute atomic E-state index is 11.3. The van der Waals surface area contributed by atoms with Gasteiger partial charge in [0.1, 0.15) is 5.82 Å². The van der Waals surface area contributed by atoms with Crippen LogP contribution < -0.4 is 0 Å². The minimum atomic E-state index is -0.637. The van der Waals surface area contributed by atoms with Crippen LogP contribution in [0.5, 0.6) is 0 Å². The third-order valence-corrected chi connectivity index (χ3v) is 6.02. The van der Waals surface area contributed by atoms with Crippen LogP contribution in [-0.4, -0.2) is 64.6 Å². The van der Waals surface area contributed by atoms with E-state index in [1.807, 2.05) is 12.4 Å². The zero-order valence-corrected chi connectivity index (χ0v) is 14.4. The summed E-state index contributed by atoms with van der Waals surface area (Å²) >= 11 is 0. The molecule has 1 N–H and O–H groups in total. The van der Waals surface area contributed by atoms with Gasteiger partial charge in [0.2, 0.25) is 0 Å². The Bertz CT molecular complexity index is 567. The summed E-state index contributed by atoms with van der Waals surface area (Å²) in [5.74, 6) is 1.21. The molecular formula is C18H27N3O3. The number of hydrogen-bond acceptors (Lipinski definition) is 6. The van der Waals surface area contributed by atoms with Crippen LogP contribution in [0, 0.1) is 11.8 Å². The van der Waals surface area contributed by atoms with Crippen molar-refractivity contribution in [3.63, 3.8) is 0 Å². The predicted octanol–water partition coefficient (Wildman–Crippen LogP) is 1.03. The van der Waals surface area contributed by atoms with Gasteiger partial charge < -0.3 is 14.6 Å². The molecule has 6 heteroatoms. The first-order valence-corrected chi connectivity index (χ1v) is 9.12. The zero-order chi connectivity index (χ0) is 16.6. The van der Waals surface area contributed by atoms with Gasteiger partial charge in [-0.15, -0.1) is 0 Å². The molecule has 4 atom stereocenters. The third-order valence-electron chi connectivity index (χ3n) is 6.02. The van der Waals surface area contributed by atoms with Crippen molar-refractivity contribution in [1.82, 2.24) is 14.9 Å². The Morgan fingerprint density at radius 3 is 2.83 bits per heavy atom. The van der Waals surface area contributed by atoms with Gasteiger partial charge in [0, 0.05) is 75.0 Å². The molecule has 0 saturated carbocycles. The summed E-state index contributed by atoms with van der Waals surface area (Å²) < 4.78 is 11.4. The van der Waals surface area contributed by atoms with Crippen molar-refractivity contribution >= 4 is 0 Å². The lowest BCUT2D eigenvalue weighted by molar-refractivity contribution is -0.221. The number of ether oxygens (including phenoxy) is 2. The van der Waals surface area contributed by atoms with Crippen LogP contribution in [0.1, 0.15) is 31.2 Å². The van der Waals surface area contributed by atoms with Crippen molar-refractivity contribution in [2.75, 3.05) is 33.0 Å². The van der Waals surface area contributed by atoms with E-state index < -0.39 is 5.60 Å². The maximum atomic E-state index is 11.3. The molecule has 4 rings (SSSR count). The first-order valence-electron chi connectivity index (χ1n) is 9.12. The Hall–Kier alpha value is -1.08. The van der Waals surface area contributed by atoms with Gasteiger partial charge in [-0.2, -0.15) is 0 Å². The highest BCUT2D eigenvalue weighted by molar-refractivity contribution is 5.10. The quantitative estimate of drug-likeness (QED) is 0.891. The van der Waals surface area contributed by atoms with Gasteiger partial charge in [0.15, 0.2) is 0 Å². The number of aliphatic hydroxyl groups is 1. The minimum Gasteiger partial charge on any atom is -0.389 e. The van der Waals surface area contributed by atoms with Crippen LogP contribution in [0.3, 0.4) is 0 Å². The Morgan fingerprint density at radius 1 is 1.25 bits per heavy atom. The molecule has 0 radical (unpaired) electrons. The molecule has 1 aromatic heterocycles. The molecule has 0 bridgehead atoms. The molecule has 3 aliphatic heterocycles. The van der Waals surface area contributed by atoms with Crippen LogP contribution in [0.25, 0.3) is 0 Å². The van der Waals surface area contributed by atoms with Gasteiger partial charge in [-0.3, -0.25) is 4.90 Å². The number of fused-ring (bicyclic) bond motifs is 3. The van der Waals surface area contributed by atoms with E-state index >= 15 is 0 Å². The van der Waals surface area contributed by atoms with Gasteiger partial charge in [-0.1, -0.05) is 6.92 Å². The highest BCUT2D eigenvalue weighted by Gasteiger charge is 2.55. The van der Waals surface area contributed by atoms with Crippen LogP contribution in [0.2, 0.25) is 0 Å². The molecule has 3 fully saturated rings. The second-order valence-corrected chi connectivity index (χ2v) is 7.34. The molecule has 6 nitrogen and oxygen atoms in total. The van der Waals surface area contributed by atoms with E-state index in [4.69, 9.17) is 9.47 Å². The lowest BCUT2D eigenvalue weighted by Crippen LogP contribution is -2.67. The van der Waals surface area contributed by atoms with E-state index in [0.29, 0.717) is 25.9 Å². The van der Waals surface area contributed by atoms with E-state index in [1.54, 1.807) is 0 Å². The van der Waals surface area contributed by atoms with Crippen LogP contribution in [0.4, 0.5) is 0 Å². The average molecular weight is 333 g/mol. The number of hydrogen-bond donors (Lipinski definition) is 1. The predicted molar refractivity (Wildman–Crippen MR) is 88.4 cm³/mol. The van der Waals surface area contributed by atoms with Gasteiger partial charge in [-0.05, 0) is 6.42 Å². The van der Waals surface area contributed by atoms with Crippen molar-refractivity contribution in [3.05, 3.63) is 23.8 Å². The zero-order valence-electron chi connectivity index (χ0n) is 14.4. The van der Waals surface area contributed by atoms with Crippen LogP contribution in [0.15, 0.2) is 12.4 Å². The second kappa shape index (κ2) is 6.67. The number of aromatic nitrogens is 2. The van der Waals surface area contributed by atoms with Crippen molar-refractivity contribution in [3.8, 4) is 0 Å². The summed E-state index contributed by atoms with van der Waals surface area (Å²) in [6.45, 7) is 6.49. The van der Waals surface area contributed by atoms with E-state index in [0.717, 1.165) is 50.3 Å². The van der Waals surface area contributed by atoms with E-state index in [1.165, 1.54) is 0 Å². The van der Waals surface area contributed by atoms with E-state index in [2.05, 4.69) is 21.8 Å². The minimum absolute atomic E-state index is 0.157. The summed E-state index contributed by atoms with van der Waals surface area (Å²) in [6.07, 6.45) is 6.45. The molecule has 0 amide bonds. The second-order valence-electron chi connectivity index (χ2n) is 7.34. The van der Waals surface area contributed by atoms with Gasteiger partial charge >= 0.3 is 0 Å². The fraction of sp³-hybridized carbons (Fsp3) is 0.778. The largest absolute Gasteiger partial charge is 0.389 e. The average Bonchev–Trinajstić information content (AvgIpc) is 2.63. The molecule has 0 spiro atoms. The van der Waals surface area contributed by atoms with Crippen molar-refractivity contribution in [2.45, 2.75) is 44.4 Å². The van der Waals surface area contributed by atoms with Crippen molar-refractivity contribution in [1.29, 1.82) is 0 Å². The molecule has 0 unspecified atom stereocenters. The number of rotatable bonds is 3. The van der Waals surface area contributed by atoms with Gasteiger partial charge in [0.05, 0.1) is 18.8 Å². The fourth-order valence-corrected chi connectivity index (χ4v) is 4.63. The summed E-state index contributed by atoms with van der Waals surface area (Å²) in [5, 5.41) is 11.3. The molecule has 3 saturated heterocycles. The lowest BCUT2D eigenvalue weighted by Gasteiger charge is -2.57. The number of nitrogens with zero attached hydrogens (tertiary/aromatic N) is 3. The maximum Gasteiger partial charge on any atom is 0.127 e. The van der Waals surface area contributed by atoms with E-state index in [-0.39, 0.29) is 11.8 Å². The first kappa shape index (κ1) is 16.4. The topological polar surface area (TPSA) is 67.7 Å². The molecule has 3 aliphatic rings. The number of piperidine rings is 1. The summed E-state index contributed by atoms with van der Waals surface area (Å²) in [7, 11) is 0. The van der Waals surface area contributed by atoms with Crippen molar-refractivity contribution < 1.29 is 14.6 Å². The summed E-state index contributed by atoms with van der Waals surface area (Å²) in [4.78, 5) is 11.3. The van der Waals surface area contributed by atoms with Crippen LogP contribution in [-0.2, 0) is 22.4 Å². The SMILES string of the molecule is CCc1ncc(CN2C[C@@H]3COCC[C@]3(O)[C@H]3COCC[C@H]32)cn1. The Morgan fingerprint density at radius 2 is 2.04 bits per heavy atom. The number of likely N-dealkylation sites (tertiary alicyclic amines) is 1. The Balaban J connectivity index is 1.55. The first-order chi connectivity index (χ1) is 11.7. The molecule has 24 heavy (non-hydrogen) atoms. The normalized spacial score (nSPS) is 36.8. The van der Waals surface area contributed by atoms with E-state index in [9.17, 15) is 5.11 Å². The fourth-order valence-electron chi connectivity index (χ4n) is 4.63. The molecule has 4 heterocycles. The molecule has 0 aromatic carbocycles. The molecule has 1 aromatic rings. The summed E-state index contributed by atoms with van der Waals surface area (Å²) in [5.41, 5.74) is 0.502. The Labute approximate surface area is 143 Å². The summed E-state index contributed by atoms with van der Waals surface area (Å²) in [6, 6.07) is 0.365. The smallest absolute Gasteiger partial charge is 0.127 e. The standard InChI is InChI=1S/C18H27N3O3/c1-2-17-19-7-13(8-20-17)9-21-10-14-11-24-6-4-18(14,22)15-12-23-5-3-16(15)21/h7-8,14-16,22H,2-6,9-12H2,1H3/t14-,15+,16-,18-/m1/s1. The highest BCUT2D eigenvalue weighted by atomic mass is 16.5. The molecular weight excluding hydrogens is 306 g/mol. The van der Waals surface area contributed by atoms with Gasteiger partial charge in [-0.25, -0.2) is 9.97 Å². The molecule has 0 aliphatic carbocycles. The van der Waals surface area contributed by atoms with Gasteiger partial charge in [0.25, 0.3) is 0 Å². The Kier molecular flexibility index (Phi) is 4.56.